The van der Waals surface area contributed by atoms with Crippen molar-refractivity contribution in [1.82, 2.24) is 0 Å². The van der Waals surface area contributed by atoms with Crippen molar-refractivity contribution in [3.63, 3.8) is 0 Å². The van der Waals surface area contributed by atoms with E-state index >= 15 is 0 Å². The molecule has 0 saturated heterocycles. The highest BCUT2D eigenvalue weighted by Crippen LogP contribution is 2.29. The van der Waals surface area contributed by atoms with Gasteiger partial charge in [0.2, 0.25) is 0 Å². The van der Waals surface area contributed by atoms with Crippen molar-refractivity contribution < 1.29 is 4.92 Å². The van der Waals surface area contributed by atoms with Crippen LogP contribution in [0.5, 0.6) is 0 Å². The highest BCUT2D eigenvalue weighted by Gasteiger charge is 2.31. The van der Waals surface area contributed by atoms with Crippen LogP contribution in [0.2, 0.25) is 0 Å². The van der Waals surface area contributed by atoms with Gasteiger partial charge in [0.05, 0.1) is 4.92 Å². The Morgan fingerprint density at radius 1 is 1.53 bits per heavy atom. The maximum Gasteiger partial charge on any atom is 0.272 e. The molecule has 1 saturated carbocycles. The molecule has 0 unspecified atom stereocenters. The average molecular weight is 235 g/mol. The number of nitrogens with one attached hydrogen (secondary N) is 1. The Morgan fingerprint density at radius 3 is 2.71 bits per heavy atom. The van der Waals surface area contributed by atoms with E-state index in [-0.39, 0.29) is 16.1 Å². The van der Waals surface area contributed by atoms with Gasteiger partial charge in [-0.05, 0) is 38.3 Å². The van der Waals surface area contributed by atoms with E-state index in [1.165, 1.54) is 12.5 Å². The summed E-state index contributed by atoms with van der Waals surface area (Å²) in [5.74, 6) is 0. The van der Waals surface area contributed by atoms with Gasteiger partial charge in [-0.1, -0.05) is 0 Å². The summed E-state index contributed by atoms with van der Waals surface area (Å²) in [6.45, 7) is 2.47. The first-order chi connectivity index (χ1) is 8.00. The molecule has 0 radical (unpaired) electrons. The van der Waals surface area contributed by atoms with Crippen molar-refractivity contribution in [2.45, 2.75) is 31.7 Å². The number of hydrogen-bond donors (Lipinski definition) is 2. The number of nitro groups is 1. The molecule has 0 amide bonds. The van der Waals surface area contributed by atoms with E-state index in [9.17, 15) is 10.1 Å². The third kappa shape index (κ3) is 2.55. The SMILES string of the molecule is Cc1cc(NCC2(N)CCC2)ccc1[N+](=O)[O-]. The normalized spacial score (nSPS) is 17.3. The minimum atomic E-state index is -0.366. The van der Waals surface area contributed by atoms with Crippen LogP contribution in [0.4, 0.5) is 11.4 Å². The molecule has 5 nitrogen and oxygen atoms in total. The molecule has 17 heavy (non-hydrogen) atoms. The van der Waals surface area contributed by atoms with Crippen LogP contribution in [0.15, 0.2) is 18.2 Å². The van der Waals surface area contributed by atoms with Crippen LogP contribution < -0.4 is 11.1 Å². The highest BCUT2D eigenvalue weighted by molar-refractivity contribution is 5.53. The van der Waals surface area contributed by atoms with Crippen LogP contribution in [0.1, 0.15) is 24.8 Å². The van der Waals surface area contributed by atoms with Gasteiger partial charge in [-0.3, -0.25) is 10.1 Å². The molecule has 3 N–H and O–H groups in total. The van der Waals surface area contributed by atoms with Gasteiger partial charge >= 0.3 is 0 Å². The van der Waals surface area contributed by atoms with Crippen molar-refractivity contribution in [1.29, 1.82) is 0 Å². The fourth-order valence-corrected chi connectivity index (χ4v) is 2.06. The van der Waals surface area contributed by atoms with Gasteiger partial charge in [0.1, 0.15) is 0 Å². The molecule has 0 aliphatic heterocycles. The van der Waals surface area contributed by atoms with Gasteiger partial charge in [-0.25, -0.2) is 0 Å². The number of anilines is 1. The smallest absolute Gasteiger partial charge is 0.272 e. The van der Waals surface area contributed by atoms with Gasteiger partial charge in [-0.15, -0.1) is 0 Å². The Balaban J connectivity index is 2.02. The molecule has 1 aromatic carbocycles. The van der Waals surface area contributed by atoms with Crippen LogP contribution in [0.25, 0.3) is 0 Å². The quantitative estimate of drug-likeness (QED) is 0.619. The zero-order chi connectivity index (χ0) is 12.5. The van der Waals surface area contributed by atoms with Gasteiger partial charge < -0.3 is 11.1 Å². The summed E-state index contributed by atoms with van der Waals surface area (Å²) in [4.78, 5) is 10.3. The Morgan fingerprint density at radius 2 is 2.24 bits per heavy atom. The van der Waals surface area contributed by atoms with E-state index in [0.717, 1.165) is 25.1 Å². The van der Waals surface area contributed by atoms with E-state index in [0.29, 0.717) is 5.56 Å². The second-order valence-corrected chi connectivity index (χ2v) is 4.83. The van der Waals surface area contributed by atoms with Gasteiger partial charge in [-0.2, -0.15) is 0 Å². The predicted molar refractivity (Wildman–Crippen MR) is 67.1 cm³/mol. The van der Waals surface area contributed by atoms with Gasteiger partial charge in [0.25, 0.3) is 5.69 Å². The molecule has 5 heteroatoms. The molecule has 0 heterocycles. The first kappa shape index (κ1) is 11.9. The largest absolute Gasteiger partial charge is 0.383 e. The monoisotopic (exact) mass is 235 g/mol. The van der Waals surface area contributed by atoms with E-state index in [1.54, 1.807) is 19.1 Å². The molecular formula is C12H17N3O2. The number of aryl methyl sites for hydroxylation is 1. The Hall–Kier alpha value is -1.62. The molecule has 0 aromatic heterocycles. The van der Waals surface area contributed by atoms with Crippen LogP contribution >= 0.6 is 0 Å². The second kappa shape index (κ2) is 4.33. The summed E-state index contributed by atoms with van der Waals surface area (Å²) < 4.78 is 0. The zero-order valence-corrected chi connectivity index (χ0v) is 9.90. The van der Waals surface area contributed by atoms with Crippen LogP contribution in [0, 0.1) is 17.0 Å². The molecule has 1 fully saturated rings. The van der Waals surface area contributed by atoms with Gasteiger partial charge in [0, 0.05) is 29.4 Å². The third-order valence-electron chi connectivity index (χ3n) is 3.39. The Kier molecular flexibility index (Phi) is 3.02. The third-order valence-corrected chi connectivity index (χ3v) is 3.39. The summed E-state index contributed by atoms with van der Waals surface area (Å²) >= 11 is 0. The highest BCUT2D eigenvalue weighted by atomic mass is 16.6. The van der Waals surface area contributed by atoms with Crippen molar-refractivity contribution in [2.75, 3.05) is 11.9 Å². The maximum atomic E-state index is 10.7. The summed E-state index contributed by atoms with van der Waals surface area (Å²) in [5, 5.41) is 13.9. The van der Waals surface area contributed by atoms with E-state index in [2.05, 4.69) is 5.32 Å². The molecule has 0 spiro atoms. The number of nitrogens with zero attached hydrogens (tertiary/aromatic N) is 1. The minimum absolute atomic E-state index is 0.0876. The Bertz CT molecular complexity index is 441. The van der Waals surface area contributed by atoms with Crippen LogP contribution in [0.3, 0.4) is 0 Å². The van der Waals surface area contributed by atoms with E-state index in [1.807, 2.05) is 0 Å². The lowest BCUT2D eigenvalue weighted by molar-refractivity contribution is -0.385. The van der Waals surface area contributed by atoms with Crippen molar-refractivity contribution in [3.05, 3.63) is 33.9 Å². The molecule has 1 aliphatic rings. The molecular weight excluding hydrogens is 218 g/mol. The summed E-state index contributed by atoms with van der Waals surface area (Å²) in [6.07, 6.45) is 3.29. The number of nitro benzene ring substituents is 1. The summed E-state index contributed by atoms with van der Waals surface area (Å²) in [7, 11) is 0. The first-order valence-corrected chi connectivity index (χ1v) is 5.78. The molecule has 0 atom stereocenters. The van der Waals surface area contributed by atoms with Crippen LogP contribution in [-0.4, -0.2) is 17.0 Å². The van der Waals surface area contributed by atoms with E-state index in [4.69, 9.17) is 5.73 Å². The second-order valence-electron chi connectivity index (χ2n) is 4.83. The lowest BCUT2D eigenvalue weighted by Gasteiger charge is -2.38. The predicted octanol–water partition coefficient (Wildman–Crippen LogP) is 2.20. The fourth-order valence-electron chi connectivity index (χ4n) is 2.06. The summed E-state index contributed by atoms with van der Waals surface area (Å²) in [5.41, 5.74) is 7.72. The zero-order valence-electron chi connectivity index (χ0n) is 9.90. The van der Waals surface area contributed by atoms with Crippen LogP contribution in [-0.2, 0) is 0 Å². The lowest BCUT2D eigenvalue weighted by Crippen LogP contribution is -2.51. The fraction of sp³-hybridized carbons (Fsp3) is 0.500. The number of rotatable bonds is 4. The lowest BCUT2D eigenvalue weighted by atomic mass is 9.78. The maximum absolute atomic E-state index is 10.7. The van der Waals surface area contributed by atoms with Crippen molar-refractivity contribution in [3.8, 4) is 0 Å². The molecule has 0 bridgehead atoms. The molecule has 1 aromatic rings. The Labute approximate surface area is 100 Å². The van der Waals surface area contributed by atoms with Crippen molar-refractivity contribution in [2.24, 2.45) is 5.73 Å². The first-order valence-electron chi connectivity index (χ1n) is 5.78. The number of benzene rings is 1. The molecule has 92 valence electrons. The minimum Gasteiger partial charge on any atom is -0.383 e. The average Bonchev–Trinajstić information content (AvgIpc) is 2.23. The van der Waals surface area contributed by atoms with Crippen molar-refractivity contribution >= 4 is 11.4 Å². The number of hydrogen-bond acceptors (Lipinski definition) is 4. The summed E-state index contributed by atoms with van der Waals surface area (Å²) in [6, 6.07) is 5.05. The molecule has 2 rings (SSSR count). The standard InChI is InChI=1S/C12H17N3O2/c1-9-7-10(3-4-11(9)15(16)17)14-8-12(13)5-2-6-12/h3-4,7,14H,2,5-6,8,13H2,1H3. The van der Waals surface area contributed by atoms with Gasteiger partial charge in [0.15, 0.2) is 0 Å². The number of nitrogens with two attached hydrogens (primary N) is 1. The topological polar surface area (TPSA) is 81.2 Å². The molecule has 1 aliphatic carbocycles. The van der Waals surface area contributed by atoms with E-state index < -0.39 is 0 Å².